The number of ether oxygens (including phenoxy) is 1. The molecule has 1 aliphatic heterocycles. The fourth-order valence-electron chi connectivity index (χ4n) is 1.07. The van der Waals surface area contributed by atoms with E-state index in [1.807, 2.05) is 4.90 Å². The van der Waals surface area contributed by atoms with Gasteiger partial charge in [-0.3, -0.25) is 9.45 Å². The van der Waals surface area contributed by atoms with E-state index in [0.717, 1.165) is 13.1 Å². The number of morpholine rings is 1. The molecule has 0 saturated carbocycles. The van der Waals surface area contributed by atoms with E-state index < -0.39 is 10.1 Å². The zero-order valence-electron chi connectivity index (χ0n) is 6.77. The average molecular weight is 211 g/mol. The molecule has 0 bridgehead atoms. The molecule has 1 heterocycles. The Hall–Kier alpha value is -0.170. The largest absolute Gasteiger partial charge is 0.379 e. The zero-order chi connectivity index (χ0) is 9.03. The van der Waals surface area contributed by atoms with Crippen LogP contribution in [0.1, 0.15) is 7.43 Å². The van der Waals surface area contributed by atoms with Crippen molar-refractivity contribution < 1.29 is 17.7 Å². The summed E-state index contributed by atoms with van der Waals surface area (Å²) in [4.78, 5) is 1.96. The maximum Gasteiger partial charge on any atom is 0.266 e. The van der Waals surface area contributed by atoms with Gasteiger partial charge in [-0.1, -0.05) is 7.43 Å². The van der Waals surface area contributed by atoms with Crippen LogP contribution in [0.3, 0.4) is 0 Å². The molecule has 13 heavy (non-hydrogen) atoms. The minimum atomic E-state index is -3.81. The summed E-state index contributed by atoms with van der Waals surface area (Å²) in [6.07, 6.45) is 0. The molecule has 1 saturated heterocycles. The molecular weight excluding hydrogens is 194 g/mol. The van der Waals surface area contributed by atoms with Crippen molar-refractivity contribution in [3.05, 3.63) is 0 Å². The second-order valence-corrected chi connectivity index (χ2v) is 4.31. The van der Waals surface area contributed by atoms with Gasteiger partial charge in [0.15, 0.2) is 0 Å². The quantitative estimate of drug-likeness (QED) is 0.657. The van der Waals surface area contributed by atoms with Crippen molar-refractivity contribution in [2.75, 3.05) is 38.6 Å². The molecule has 0 aromatic rings. The van der Waals surface area contributed by atoms with Gasteiger partial charge < -0.3 is 4.74 Å². The second kappa shape index (κ2) is 5.54. The highest BCUT2D eigenvalue weighted by atomic mass is 32.2. The summed E-state index contributed by atoms with van der Waals surface area (Å²) >= 11 is 0. The van der Waals surface area contributed by atoms with E-state index in [1.165, 1.54) is 0 Å². The minimum Gasteiger partial charge on any atom is -0.379 e. The van der Waals surface area contributed by atoms with Gasteiger partial charge in [-0.2, -0.15) is 8.42 Å². The van der Waals surface area contributed by atoms with Gasteiger partial charge in [0.05, 0.1) is 19.0 Å². The van der Waals surface area contributed by atoms with Crippen LogP contribution in [-0.4, -0.2) is 56.5 Å². The number of hydrogen-bond acceptors (Lipinski definition) is 4. The lowest BCUT2D eigenvalue weighted by molar-refractivity contribution is 0.0406. The molecule has 0 unspecified atom stereocenters. The summed E-state index contributed by atoms with van der Waals surface area (Å²) in [5.74, 6) is -0.188. The summed E-state index contributed by atoms with van der Waals surface area (Å²) in [7, 11) is -3.81. The highest BCUT2D eigenvalue weighted by Gasteiger charge is 2.13. The monoisotopic (exact) mass is 211 g/mol. The topological polar surface area (TPSA) is 66.8 Å². The molecular formula is C7H17NO4S. The molecule has 1 aliphatic rings. The molecule has 0 atom stereocenters. The van der Waals surface area contributed by atoms with Crippen molar-refractivity contribution in [2.24, 2.45) is 0 Å². The predicted octanol–water partition coefficient (Wildman–Crippen LogP) is -0.157. The first-order chi connectivity index (χ1) is 5.58. The molecule has 0 aromatic heterocycles. The Morgan fingerprint density at radius 2 is 1.85 bits per heavy atom. The minimum absolute atomic E-state index is 0. The molecule has 0 amide bonds. The zero-order valence-corrected chi connectivity index (χ0v) is 7.59. The van der Waals surface area contributed by atoms with E-state index in [4.69, 9.17) is 9.29 Å². The SMILES string of the molecule is C.O=S(=O)(O)CCN1CCOCC1. The molecule has 0 aromatic carbocycles. The van der Waals surface area contributed by atoms with Crippen molar-refractivity contribution in [1.82, 2.24) is 4.90 Å². The Labute approximate surface area is 79.4 Å². The van der Waals surface area contributed by atoms with E-state index >= 15 is 0 Å². The van der Waals surface area contributed by atoms with Gasteiger partial charge in [-0.25, -0.2) is 0 Å². The smallest absolute Gasteiger partial charge is 0.266 e. The maximum absolute atomic E-state index is 10.4. The third-order valence-corrected chi connectivity index (χ3v) is 2.47. The highest BCUT2D eigenvalue weighted by Crippen LogP contribution is 1.96. The Balaban J connectivity index is 0.00000144. The Kier molecular flexibility index (Phi) is 5.46. The van der Waals surface area contributed by atoms with Crippen molar-refractivity contribution in [3.8, 4) is 0 Å². The van der Waals surface area contributed by atoms with E-state index in [9.17, 15) is 8.42 Å². The summed E-state index contributed by atoms with van der Waals surface area (Å²) < 4.78 is 34.3. The van der Waals surface area contributed by atoms with Gasteiger partial charge in [-0.05, 0) is 0 Å². The van der Waals surface area contributed by atoms with Crippen molar-refractivity contribution in [3.63, 3.8) is 0 Å². The van der Waals surface area contributed by atoms with Crippen LogP contribution in [0.25, 0.3) is 0 Å². The fourth-order valence-corrected chi connectivity index (χ4v) is 1.56. The van der Waals surface area contributed by atoms with E-state index in [0.29, 0.717) is 19.8 Å². The molecule has 1 N–H and O–H groups in total. The third kappa shape index (κ3) is 5.98. The summed E-state index contributed by atoms with van der Waals surface area (Å²) in [5, 5.41) is 0. The summed E-state index contributed by atoms with van der Waals surface area (Å²) in [6, 6.07) is 0. The standard InChI is InChI=1S/C6H13NO4S.CH4/c8-12(9,10)6-3-7-1-4-11-5-2-7;/h1-6H2,(H,8,9,10);1H4. The van der Waals surface area contributed by atoms with Crippen LogP contribution < -0.4 is 0 Å². The molecule has 6 heteroatoms. The van der Waals surface area contributed by atoms with Gasteiger partial charge in [0.2, 0.25) is 0 Å². The number of rotatable bonds is 3. The number of hydrogen-bond donors (Lipinski definition) is 1. The lowest BCUT2D eigenvalue weighted by atomic mass is 10.4. The summed E-state index contributed by atoms with van der Waals surface area (Å²) in [5.41, 5.74) is 0. The van der Waals surface area contributed by atoms with Crippen LogP contribution in [0.2, 0.25) is 0 Å². The van der Waals surface area contributed by atoms with Gasteiger partial charge in [0.1, 0.15) is 0 Å². The molecule has 0 aliphatic carbocycles. The van der Waals surface area contributed by atoms with Crippen molar-refractivity contribution in [1.29, 1.82) is 0 Å². The maximum atomic E-state index is 10.4. The van der Waals surface area contributed by atoms with Crippen LogP contribution in [0, 0.1) is 0 Å². The second-order valence-electron chi connectivity index (χ2n) is 2.74. The van der Waals surface area contributed by atoms with Crippen LogP contribution >= 0.6 is 0 Å². The Morgan fingerprint density at radius 3 is 2.31 bits per heavy atom. The lowest BCUT2D eigenvalue weighted by Crippen LogP contribution is -2.38. The Bertz CT molecular complexity index is 221. The highest BCUT2D eigenvalue weighted by molar-refractivity contribution is 7.85. The van der Waals surface area contributed by atoms with Crippen LogP contribution in [0.15, 0.2) is 0 Å². The average Bonchev–Trinajstić information content (AvgIpc) is 2.02. The number of nitrogens with zero attached hydrogens (tertiary/aromatic N) is 1. The van der Waals surface area contributed by atoms with Crippen molar-refractivity contribution in [2.45, 2.75) is 7.43 Å². The normalized spacial score (nSPS) is 19.5. The third-order valence-electron chi connectivity index (χ3n) is 1.77. The molecule has 0 spiro atoms. The van der Waals surface area contributed by atoms with Gasteiger partial charge in [0, 0.05) is 19.6 Å². The van der Waals surface area contributed by atoms with Crippen LogP contribution in [0.5, 0.6) is 0 Å². The summed E-state index contributed by atoms with van der Waals surface area (Å²) in [6.45, 7) is 3.17. The van der Waals surface area contributed by atoms with Crippen molar-refractivity contribution >= 4 is 10.1 Å². The molecule has 1 fully saturated rings. The first kappa shape index (κ1) is 12.8. The van der Waals surface area contributed by atoms with Gasteiger partial charge >= 0.3 is 0 Å². The van der Waals surface area contributed by atoms with Crippen LogP contribution in [-0.2, 0) is 14.9 Å². The van der Waals surface area contributed by atoms with Crippen LogP contribution in [0.4, 0.5) is 0 Å². The molecule has 0 radical (unpaired) electrons. The van der Waals surface area contributed by atoms with Gasteiger partial charge in [-0.15, -0.1) is 0 Å². The van der Waals surface area contributed by atoms with E-state index in [1.54, 1.807) is 0 Å². The fraction of sp³-hybridized carbons (Fsp3) is 1.00. The molecule has 1 rings (SSSR count). The van der Waals surface area contributed by atoms with E-state index in [-0.39, 0.29) is 13.2 Å². The van der Waals surface area contributed by atoms with Gasteiger partial charge in [0.25, 0.3) is 10.1 Å². The first-order valence-corrected chi connectivity index (χ1v) is 5.44. The predicted molar refractivity (Wildman–Crippen MR) is 50.4 cm³/mol. The molecule has 80 valence electrons. The first-order valence-electron chi connectivity index (χ1n) is 3.83. The van der Waals surface area contributed by atoms with E-state index in [2.05, 4.69) is 0 Å². The molecule has 5 nitrogen and oxygen atoms in total. The Morgan fingerprint density at radius 1 is 1.31 bits per heavy atom. The lowest BCUT2D eigenvalue weighted by Gasteiger charge is -2.25.